The Morgan fingerprint density at radius 3 is 2.76 bits per heavy atom. The molecule has 5 heteroatoms. The normalized spacial score (nSPS) is 11.2. The molecule has 0 spiro atoms. The Labute approximate surface area is 156 Å². The van der Waals surface area contributed by atoms with Crippen LogP contribution in [0.3, 0.4) is 0 Å². The first-order valence-corrected chi connectivity index (χ1v) is 9.26. The molecule has 0 fully saturated rings. The predicted octanol–water partition coefficient (Wildman–Crippen LogP) is 5.33. The van der Waals surface area contributed by atoms with E-state index in [9.17, 15) is 4.79 Å². The third-order valence-corrected chi connectivity index (χ3v) is 4.71. The van der Waals surface area contributed by atoms with Crippen LogP contribution < -0.4 is 5.32 Å². The van der Waals surface area contributed by atoms with Gasteiger partial charge in [0.25, 0.3) is 0 Å². The number of anilines is 1. The van der Waals surface area contributed by atoms with Gasteiger partial charge in [-0.25, -0.2) is 4.98 Å². The number of rotatable bonds is 5. The lowest BCUT2D eigenvalue weighted by atomic mass is 10.1. The Balaban J connectivity index is 1.64. The van der Waals surface area contributed by atoms with E-state index < -0.39 is 0 Å². The summed E-state index contributed by atoms with van der Waals surface area (Å²) in [6.45, 7) is 6.22. The van der Waals surface area contributed by atoms with Crippen LogP contribution in [-0.2, 0) is 11.2 Å². The molecule has 25 heavy (non-hydrogen) atoms. The van der Waals surface area contributed by atoms with E-state index in [0.29, 0.717) is 18.8 Å². The quantitative estimate of drug-likeness (QED) is 0.608. The van der Waals surface area contributed by atoms with Gasteiger partial charge in [0.2, 0.25) is 5.91 Å². The lowest BCUT2D eigenvalue weighted by Crippen LogP contribution is -2.13. The molecule has 2 aromatic carbocycles. The molecule has 0 bridgehead atoms. The molecule has 0 radical (unpaired) electrons. The number of H-pyrrole nitrogens is 1. The highest BCUT2D eigenvalue weighted by Gasteiger charge is 2.09. The number of carbonyl (C=O) groups is 1. The fraction of sp³-hybridized carbons (Fsp3) is 0.300. The molecule has 1 amide bonds. The average molecular weight is 400 g/mol. The lowest BCUT2D eigenvalue weighted by Gasteiger charge is -2.09. The number of carbonyl (C=O) groups excluding carboxylic acids is 1. The van der Waals surface area contributed by atoms with Crippen molar-refractivity contribution in [1.29, 1.82) is 0 Å². The molecule has 0 aliphatic rings. The van der Waals surface area contributed by atoms with Gasteiger partial charge in [-0.2, -0.15) is 0 Å². The largest absolute Gasteiger partial charge is 0.342 e. The van der Waals surface area contributed by atoms with Crippen molar-refractivity contribution in [2.45, 2.75) is 39.5 Å². The molecule has 1 aromatic heterocycles. The summed E-state index contributed by atoms with van der Waals surface area (Å²) < 4.78 is 1.01. The van der Waals surface area contributed by atoms with Crippen LogP contribution in [0.5, 0.6) is 0 Å². The number of hydrogen-bond donors (Lipinski definition) is 2. The Hall–Kier alpha value is -2.14. The van der Waals surface area contributed by atoms with Crippen LogP contribution in [0.4, 0.5) is 5.69 Å². The van der Waals surface area contributed by atoms with Gasteiger partial charge in [-0.3, -0.25) is 4.79 Å². The number of aryl methyl sites for hydroxylation is 2. The number of nitrogens with one attached hydrogen (secondary N) is 2. The topological polar surface area (TPSA) is 57.8 Å². The fourth-order valence-corrected chi connectivity index (χ4v) is 3.22. The summed E-state index contributed by atoms with van der Waals surface area (Å²) in [5, 5.41) is 2.98. The number of hydrogen-bond acceptors (Lipinski definition) is 2. The number of amides is 1. The third kappa shape index (κ3) is 4.28. The van der Waals surface area contributed by atoms with Crippen molar-refractivity contribution < 1.29 is 4.79 Å². The van der Waals surface area contributed by atoms with Crippen molar-refractivity contribution >= 4 is 38.6 Å². The SMILES string of the molecule is Cc1cc(Br)ccc1NC(=O)CCc1ccc2nc(C(C)C)[nH]c2c1. The average Bonchev–Trinajstić information content (AvgIpc) is 2.99. The zero-order chi connectivity index (χ0) is 18.0. The monoisotopic (exact) mass is 399 g/mol. The first-order chi connectivity index (χ1) is 11.9. The van der Waals surface area contributed by atoms with Crippen LogP contribution in [0.15, 0.2) is 40.9 Å². The summed E-state index contributed by atoms with van der Waals surface area (Å²) in [7, 11) is 0. The van der Waals surface area contributed by atoms with Gasteiger partial charge in [-0.1, -0.05) is 35.8 Å². The second kappa shape index (κ2) is 7.40. The van der Waals surface area contributed by atoms with E-state index in [1.54, 1.807) is 0 Å². The van der Waals surface area contributed by atoms with Gasteiger partial charge in [0.1, 0.15) is 5.82 Å². The zero-order valence-corrected chi connectivity index (χ0v) is 16.3. The lowest BCUT2D eigenvalue weighted by molar-refractivity contribution is -0.116. The van der Waals surface area contributed by atoms with Gasteiger partial charge in [0.05, 0.1) is 11.0 Å². The van der Waals surface area contributed by atoms with Crippen LogP contribution in [0.1, 0.15) is 43.1 Å². The third-order valence-electron chi connectivity index (χ3n) is 4.21. The van der Waals surface area contributed by atoms with Crippen LogP contribution >= 0.6 is 15.9 Å². The first kappa shape index (κ1) is 17.7. The molecule has 3 rings (SSSR count). The van der Waals surface area contributed by atoms with Crippen molar-refractivity contribution in [3.05, 3.63) is 57.8 Å². The summed E-state index contributed by atoms with van der Waals surface area (Å²) in [6, 6.07) is 12.0. The van der Waals surface area contributed by atoms with Gasteiger partial charge in [-0.05, 0) is 54.8 Å². The van der Waals surface area contributed by atoms with E-state index in [4.69, 9.17) is 0 Å². The van der Waals surface area contributed by atoms with Crippen molar-refractivity contribution in [2.75, 3.05) is 5.32 Å². The maximum Gasteiger partial charge on any atom is 0.224 e. The van der Waals surface area contributed by atoms with Crippen molar-refractivity contribution in [1.82, 2.24) is 9.97 Å². The molecule has 4 nitrogen and oxygen atoms in total. The highest BCUT2D eigenvalue weighted by molar-refractivity contribution is 9.10. The minimum Gasteiger partial charge on any atom is -0.342 e. The van der Waals surface area contributed by atoms with Crippen molar-refractivity contribution in [3.8, 4) is 0 Å². The highest BCUT2D eigenvalue weighted by atomic mass is 79.9. The van der Waals surface area contributed by atoms with E-state index in [2.05, 4.69) is 51.1 Å². The Morgan fingerprint density at radius 1 is 1.24 bits per heavy atom. The Bertz CT molecular complexity index is 914. The molecule has 0 aliphatic carbocycles. The van der Waals surface area contributed by atoms with E-state index in [1.807, 2.05) is 37.3 Å². The van der Waals surface area contributed by atoms with Crippen molar-refractivity contribution in [2.24, 2.45) is 0 Å². The number of nitrogens with zero attached hydrogens (tertiary/aromatic N) is 1. The molecule has 0 saturated carbocycles. The molecule has 3 aromatic rings. The fourth-order valence-electron chi connectivity index (χ4n) is 2.74. The van der Waals surface area contributed by atoms with Crippen LogP contribution in [0, 0.1) is 6.92 Å². The summed E-state index contributed by atoms with van der Waals surface area (Å²) in [6.07, 6.45) is 1.15. The molecule has 2 N–H and O–H groups in total. The maximum absolute atomic E-state index is 12.2. The molecule has 0 atom stereocenters. The summed E-state index contributed by atoms with van der Waals surface area (Å²) in [4.78, 5) is 20.2. The van der Waals surface area contributed by atoms with Gasteiger partial charge < -0.3 is 10.3 Å². The van der Waals surface area contributed by atoms with E-state index >= 15 is 0 Å². The van der Waals surface area contributed by atoms with Crippen molar-refractivity contribution in [3.63, 3.8) is 0 Å². The van der Waals surface area contributed by atoms with Gasteiger partial charge in [-0.15, -0.1) is 0 Å². The number of benzene rings is 2. The van der Waals surface area contributed by atoms with E-state index in [1.165, 1.54) is 0 Å². The van der Waals surface area contributed by atoms with E-state index in [-0.39, 0.29) is 5.91 Å². The molecule has 0 unspecified atom stereocenters. The predicted molar refractivity (Wildman–Crippen MR) is 106 cm³/mol. The van der Waals surface area contributed by atoms with Gasteiger partial charge in [0.15, 0.2) is 0 Å². The number of imidazole rings is 1. The van der Waals surface area contributed by atoms with Crippen LogP contribution in [0.2, 0.25) is 0 Å². The first-order valence-electron chi connectivity index (χ1n) is 8.47. The summed E-state index contributed by atoms with van der Waals surface area (Å²) >= 11 is 3.43. The standard InChI is InChI=1S/C20H22BrN3O/c1-12(2)20-23-17-7-4-14(11-18(17)24-20)5-9-19(25)22-16-8-6-15(21)10-13(16)3/h4,6-8,10-12H,5,9H2,1-3H3,(H,22,25)(H,23,24). The Morgan fingerprint density at radius 2 is 2.04 bits per heavy atom. The minimum absolute atomic E-state index is 0.0259. The van der Waals surface area contributed by atoms with Crippen LogP contribution in [0.25, 0.3) is 11.0 Å². The maximum atomic E-state index is 12.2. The number of halogens is 1. The smallest absolute Gasteiger partial charge is 0.224 e. The molecule has 0 saturated heterocycles. The number of aromatic nitrogens is 2. The molecular formula is C20H22BrN3O. The van der Waals surface area contributed by atoms with Gasteiger partial charge in [0, 0.05) is 22.5 Å². The summed E-state index contributed by atoms with van der Waals surface area (Å²) in [5.74, 6) is 1.39. The van der Waals surface area contributed by atoms with E-state index in [0.717, 1.165) is 38.1 Å². The molecule has 1 heterocycles. The minimum atomic E-state index is 0.0259. The molecular weight excluding hydrogens is 378 g/mol. The molecule has 130 valence electrons. The highest BCUT2D eigenvalue weighted by Crippen LogP contribution is 2.21. The summed E-state index contributed by atoms with van der Waals surface area (Å²) in [5.41, 5.74) is 5.04. The Kier molecular flexibility index (Phi) is 5.23. The van der Waals surface area contributed by atoms with Gasteiger partial charge >= 0.3 is 0 Å². The van der Waals surface area contributed by atoms with Crippen LogP contribution in [-0.4, -0.2) is 15.9 Å². The second-order valence-corrected chi connectivity index (χ2v) is 7.55. The number of aromatic amines is 1. The number of fused-ring (bicyclic) bond motifs is 1. The molecule has 0 aliphatic heterocycles. The zero-order valence-electron chi connectivity index (χ0n) is 14.7. The second-order valence-electron chi connectivity index (χ2n) is 6.64.